The highest BCUT2D eigenvalue weighted by molar-refractivity contribution is 6.25. The van der Waals surface area contributed by atoms with Crippen LogP contribution in [0.1, 0.15) is 33.4 Å². The Morgan fingerprint density at radius 2 is 0.712 bits per heavy atom. The minimum atomic E-state index is -5.06. The first-order chi connectivity index (χ1) is 28.5. The number of halogens is 6. The van der Waals surface area contributed by atoms with Crippen LogP contribution >= 0.6 is 0 Å². The molecule has 0 radical (unpaired) electrons. The number of alkyl halides is 6. The summed E-state index contributed by atoms with van der Waals surface area (Å²) in [5.41, 5.74) is -0.921. The fourth-order valence-corrected chi connectivity index (χ4v) is 8.32. The van der Waals surface area contributed by atoms with Crippen LogP contribution in [0.2, 0.25) is 0 Å². The fourth-order valence-electron chi connectivity index (χ4n) is 8.32. The van der Waals surface area contributed by atoms with E-state index in [1.807, 2.05) is 48.5 Å². The molecule has 0 aliphatic rings. The zero-order valence-corrected chi connectivity index (χ0v) is 30.4. The Hall–Kier alpha value is -7.62. The van der Waals surface area contributed by atoms with Gasteiger partial charge in [-0.3, -0.25) is 0 Å². The quantitative estimate of drug-likeness (QED) is 0.0944. The summed E-state index contributed by atoms with van der Waals surface area (Å²) in [6.07, 6.45) is -10.1. The van der Waals surface area contributed by atoms with Gasteiger partial charge in [0.1, 0.15) is 11.0 Å². The van der Waals surface area contributed by atoms with Crippen molar-refractivity contribution in [3.05, 3.63) is 173 Å². The molecule has 1 aromatic heterocycles. The summed E-state index contributed by atoms with van der Waals surface area (Å²) in [5.74, 6) is 12.9. The standard InChI is InChI=1S/C50H23F6N3/c51-49(52,53)38-25-39(50(54,55)56)27-40(26-38)59-57-47-36(17-9-28-7-11-34-15-13-30-3-1-5-32-21-23-41(28)45(34)43(30)32)19-20-37(48(47)58-59)18-10-29-8-12-35-16-14-31-4-2-6-33-22-24-42(29)46(35)44(31)33/h1-8,11-16,19-27H. The molecule has 1 heterocycles. The predicted molar refractivity (Wildman–Crippen MR) is 221 cm³/mol. The number of fused-ring (bicyclic) bond motifs is 1. The van der Waals surface area contributed by atoms with E-state index in [0.29, 0.717) is 23.3 Å². The Kier molecular flexibility index (Phi) is 7.30. The molecular formula is C50H23F6N3. The number of nitrogens with zero attached hydrogens (tertiary/aromatic N) is 3. The predicted octanol–water partition coefficient (Wildman–Crippen LogP) is 13.1. The van der Waals surface area contributed by atoms with Crippen molar-refractivity contribution in [1.82, 2.24) is 15.0 Å². The average molecular weight is 780 g/mol. The number of hydrogen-bond acceptors (Lipinski definition) is 2. The van der Waals surface area contributed by atoms with Crippen LogP contribution in [0.3, 0.4) is 0 Å². The van der Waals surface area contributed by atoms with E-state index in [2.05, 4.69) is 94.5 Å². The van der Waals surface area contributed by atoms with Crippen molar-refractivity contribution < 1.29 is 26.3 Å². The van der Waals surface area contributed by atoms with Gasteiger partial charge in [0.25, 0.3) is 0 Å². The lowest BCUT2D eigenvalue weighted by Gasteiger charge is -2.13. The van der Waals surface area contributed by atoms with Crippen LogP contribution in [0.15, 0.2) is 140 Å². The maximum atomic E-state index is 13.9. The first-order valence-corrected chi connectivity index (χ1v) is 18.5. The van der Waals surface area contributed by atoms with Gasteiger partial charge < -0.3 is 0 Å². The van der Waals surface area contributed by atoms with Gasteiger partial charge in [-0.15, -0.1) is 10.2 Å². The van der Waals surface area contributed by atoms with Crippen LogP contribution in [0.25, 0.3) is 81.4 Å². The molecule has 0 saturated heterocycles. The summed E-state index contributed by atoms with van der Waals surface area (Å²) in [6, 6.07) is 41.3. The number of aromatic nitrogens is 3. The smallest absolute Gasteiger partial charge is 0.166 e. The van der Waals surface area contributed by atoms with Crippen molar-refractivity contribution in [3.8, 4) is 29.4 Å². The van der Waals surface area contributed by atoms with Gasteiger partial charge in [0.2, 0.25) is 0 Å². The first kappa shape index (κ1) is 34.6. The van der Waals surface area contributed by atoms with Crippen molar-refractivity contribution in [3.63, 3.8) is 0 Å². The summed E-state index contributed by atoms with van der Waals surface area (Å²) < 4.78 is 83.7. The molecule has 0 bridgehead atoms. The van der Waals surface area contributed by atoms with E-state index >= 15 is 0 Å². The molecule has 0 saturated carbocycles. The van der Waals surface area contributed by atoms with E-state index < -0.39 is 29.2 Å². The first-order valence-electron chi connectivity index (χ1n) is 18.5. The van der Waals surface area contributed by atoms with Crippen LogP contribution in [0, 0.1) is 23.7 Å². The number of benzene rings is 10. The minimum Gasteiger partial charge on any atom is -0.166 e. The monoisotopic (exact) mass is 779 g/mol. The van der Waals surface area contributed by atoms with Gasteiger partial charge >= 0.3 is 12.4 Å². The molecule has 280 valence electrons. The largest absolute Gasteiger partial charge is 0.416 e. The zero-order chi connectivity index (χ0) is 40.2. The molecule has 0 aliphatic heterocycles. The second-order valence-electron chi connectivity index (χ2n) is 14.5. The molecule has 9 heteroatoms. The van der Waals surface area contributed by atoms with Crippen molar-refractivity contribution in [1.29, 1.82) is 0 Å². The lowest BCUT2D eigenvalue weighted by Crippen LogP contribution is -2.13. The van der Waals surface area contributed by atoms with Crippen LogP contribution in [-0.4, -0.2) is 15.0 Å². The zero-order valence-electron chi connectivity index (χ0n) is 30.4. The van der Waals surface area contributed by atoms with Gasteiger partial charge in [-0.05, 0) is 107 Å². The summed E-state index contributed by atoms with van der Waals surface area (Å²) >= 11 is 0. The Balaban J connectivity index is 1.10. The van der Waals surface area contributed by atoms with Gasteiger partial charge in [0.15, 0.2) is 0 Å². The van der Waals surface area contributed by atoms with Crippen molar-refractivity contribution in [2.75, 3.05) is 0 Å². The fraction of sp³-hybridized carbons (Fsp3) is 0.0400. The topological polar surface area (TPSA) is 30.7 Å². The molecule has 0 atom stereocenters. The summed E-state index contributed by atoms with van der Waals surface area (Å²) in [7, 11) is 0. The third kappa shape index (κ3) is 5.58. The van der Waals surface area contributed by atoms with E-state index in [1.165, 1.54) is 0 Å². The van der Waals surface area contributed by atoms with Crippen LogP contribution < -0.4 is 0 Å². The Morgan fingerprint density at radius 1 is 0.373 bits per heavy atom. The number of rotatable bonds is 1. The second-order valence-corrected chi connectivity index (χ2v) is 14.5. The van der Waals surface area contributed by atoms with Gasteiger partial charge in [-0.25, -0.2) is 0 Å². The van der Waals surface area contributed by atoms with Crippen molar-refractivity contribution >= 4 is 75.7 Å². The molecule has 0 fully saturated rings. The van der Waals surface area contributed by atoms with E-state index in [4.69, 9.17) is 0 Å². The SMILES string of the molecule is FC(F)(F)c1cc(-n2nc3c(C#Cc4ccc5ccc6cccc7ccc4c5c67)ccc(C#Cc4ccc5ccc6cccc7ccc4c5c67)c3n2)cc(C(F)(F)F)c1. The third-order valence-corrected chi connectivity index (χ3v) is 11.1. The Bertz CT molecular complexity index is 3400. The van der Waals surface area contributed by atoms with Crippen LogP contribution in [0.5, 0.6) is 0 Å². The molecule has 3 nitrogen and oxygen atoms in total. The lowest BCUT2D eigenvalue weighted by molar-refractivity contribution is -0.143. The van der Waals surface area contributed by atoms with Crippen LogP contribution in [0.4, 0.5) is 26.3 Å². The normalized spacial score (nSPS) is 12.3. The lowest BCUT2D eigenvalue weighted by atomic mass is 9.92. The number of hydrogen-bond donors (Lipinski definition) is 0. The van der Waals surface area contributed by atoms with E-state index in [0.717, 1.165) is 80.6 Å². The highest BCUT2D eigenvalue weighted by atomic mass is 19.4. The molecule has 11 rings (SSSR count). The maximum Gasteiger partial charge on any atom is 0.416 e. The average Bonchev–Trinajstić information content (AvgIpc) is 3.69. The molecule has 0 spiro atoms. The highest BCUT2D eigenvalue weighted by Crippen LogP contribution is 2.39. The summed E-state index contributed by atoms with van der Waals surface area (Å²) in [5, 5.41) is 21.8. The molecule has 59 heavy (non-hydrogen) atoms. The van der Waals surface area contributed by atoms with E-state index in [-0.39, 0.29) is 17.1 Å². The molecule has 11 aromatic rings. The summed E-state index contributed by atoms with van der Waals surface area (Å²) in [4.78, 5) is 0.790. The molecule has 0 aliphatic carbocycles. The molecule has 10 aromatic carbocycles. The van der Waals surface area contributed by atoms with E-state index in [1.54, 1.807) is 12.1 Å². The Labute approximate surface area is 330 Å². The van der Waals surface area contributed by atoms with Crippen molar-refractivity contribution in [2.45, 2.75) is 12.4 Å². The van der Waals surface area contributed by atoms with Gasteiger partial charge in [-0.1, -0.05) is 121 Å². The van der Waals surface area contributed by atoms with Crippen molar-refractivity contribution in [2.24, 2.45) is 0 Å². The molecule has 0 amide bonds. The molecular weight excluding hydrogens is 757 g/mol. The van der Waals surface area contributed by atoms with Gasteiger partial charge in [0, 0.05) is 11.1 Å². The molecule has 0 unspecified atom stereocenters. The minimum absolute atomic E-state index is 0.0771. The highest BCUT2D eigenvalue weighted by Gasteiger charge is 2.37. The summed E-state index contributed by atoms with van der Waals surface area (Å²) in [6.45, 7) is 0. The van der Waals surface area contributed by atoms with Crippen LogP contribution in [-0.2, 0) is 12.4 Å². The Morgan fingerprint density at radius 3 is 1.12 bits per heavy atom. The second kappa shape index (κ2) is 12.4. The third-order valence-electron chi connectivity index (χ3n) is 11.1. The van der Waals surface area contributed by atoms with E-state index in [9.17, 15) is 26.3 Å². The maximum absolute atomic E-state index is 13.9. The molecule has 0 N–H and O–H groups in total. The van der Waals surface area contributed by atoms with Gasteiger partial charge in [0.05, 0.1) is 27.9 Å². The van der Waals surface area contributed by atoms with Gasteiger partial charge in [-0.2, -0.15) is 31.1 Å².